The Hall–Kier alpha value is -4.20. The summed E-state index contributed by atoms with van der Waals surface area (Å²) in [5.74, 6) is 0.289. The Labute approximate surface area is 197 Å². The molecule has 1 N–H and O–H groups in total. The van der Waals surface area contributed by atoms with Gasteiger partial charge in [0.1, 0.15) is 17.3 Å². The summed E-state index contributed by atoms with van der Waals surface area (Å²) in [6.07, 6.45) is 1.50. The molecule has 0 saturated carbocycles. The highest BCUT2D eigenvalue weighted by Gasteiger charge is 2.46. The van der Waals surface area contributed by atoms with E-state index < -0.39 is 17.7 Å². The molecule has 2 heterocycles. The number of likely N-dealkylation sites (tertiary alicyclic amines) is 1. The van der Waals surface area contributed by atoms with Crippen LogP contribution in [0.3, 0.4) is 0 Å². The Balaban J connectivity index is 1.85. The first kappa shape index (κ1) is 23.0. The van der Waals surface area contributed by atoms with E-state index in [2.05, 4.69) is 0 Å². The Morgan fingerprint density at radius 3 is 2.38 bits per heavy atom. The SMILES string of the molecule is CCOc1ccc(C(O)=C2C(=O)C(=O)N(Cc3ccco3)[C@H]2c2ccc(OC)c(OC)c2)cc1. The molecular weight excluding hydrogens is 438 g/mol. The van der Waals surface area contributed by atoms with E-state index in [1.807, 2.05) is 6.92 Å². The maximum Gasteiger partial charge on any atom is 0.296 e. The third-order valence-electron chi connectivity index (χ3n) is 5.61. The molecule has 4 rings (SSSR count). The van der Waals surface area contributed by atoms with Crippen molar-refractivity contribution in [3.05, 3.63) is 83.3 Å². The van der Waals surface area contributed by atoms with Gasteiger partial charge in [-0.3, -0.25) is 9.59 Å². The summed E-state index contributed by atoms with van der Waals surface area (Å²) < 4.78 is 21.6. The minimum atomic E-state index is -0.864. The number of carbonyl (C=O) groups excluding carboxylic acids is 2. The molecule has 2 aromatic carbocycles. The average molecular weight is 463 g/mol. The fourth-order valence-corrected chi connectivity index (χ4v) is 4.01. The van der Waals surface area contributed by atoms with Crippen molar-refractivity contribution in [2.24, 2.45) is 0 Å². The van der Waals surface area contributed by atoms with E-state index in [0.29, 0.717) is 40.7 Å². The van der Waals surface area contributed by atoms with Crippen LogP contribution in [-0.4, -0.2) is 42.5 Å². The molecule has 1 aliphatic rings. The zero-order valence-corrected chi connectivity index (χ0v) is 19.1. The van der Waals surface area contributed by atoms with Crippen molar-refractivity contribution in [1.82, 2.24) is 4.90 Å². The number of aliphatic hydroxyl groups excluding tert-OH is 1. The second-order valence-electron chi connectivity index (χ2n) is 7.58. The lowest BCUT2D eigenvalue weighted by molar-refractivity contribution is -0.140. The van der Waals surface area contributed by atoms with E-state index in [1.165, 1.54) is 25.4 Å². The van der Waals surface area contributed by atoms with Gasteiger partial charge in [0, 0.05) is 5.56 Å². The van der Waals surface area contributed by atoms with E-state index in [0.717, 1.165) is 0 Å². The summed E-state index contributed by atoms with van der Waals surface area (Å²) in [4.78, 5) is 27.6. The molecule has 34 heavy (non-hydrogen) atoms. The fourth-order valence-electron chi connectivity index (χ4n) is 4.01. The van der Waals surface area contributed by atoms with Crippen molar-refractivity contribution in [1.29, 1.82) is 0 Å². The second kappa shape index (κ2) is 9.74. The summed E-state index contributed by atoms with van der Waals surface area (Å²) in [6, 6.07) is 14.4. The zero-order chi connectivity index (χ0) is 24.2. The van der Waals surface area contributed by atoms with Gasteiger partial charge in [0.15, 0.2) is 11.5 Å². The number of benzene rings is 2. The topological polar surface area (TPSA) is 98.4 Å². The number of amides is 1. The maximum absolute atomic E-state index is 13.2. The van der Waals surface area contributed by atoms with E-state index in [1.54, 1.807) is 54.6 Å². The highest BCUT2D eigenvalue weighted by molar-refractivity contribution is 6.46. The number of aliphatic hydroxyl groups is 1. The first-order valence-electron chi connectivity index (χ1n) is 10.7. The predicted octanol–water partition coefficient (Wildman–Crippen LogP) is 4.32. The van der Waals surface area contributed by atoms with Crippen LogP contribution >= 0.6 is 0 Å². The molecule has 1 aliphatic heterocycles. The summed E-state index contributed by atoms with van der Waals surface area (Å²) in [7, 11) is 3.02. The molecule has 8 heteroatoms. The minimum absolute atomic E-state index is 0.0204. The number of hydrogen-bond acceptors (Lipinski definition) is 7. The largest absolute Gasteiger partial charge is 0.507 e. The number of methoxy groups -OCH3 is 2. The number of rotatable bonds is 8. The second-order valence-corrected chi connectivity index (χ2v) is 7.58. The van der Waals surface area contributed by atoms with Crippen LogP contribution in [0.15, 0.2) is 70.9 Å². The monoisotopic (exact) mass is 463 g/mol. The maximum atomic E-state index is 13.2. The van der Waals surface area contributed by atoms with Gasteiger partial charge in [-0.25, -0.2) is 0 Å². The van der Waals surface area contributed by atoms with Gasteiger partial charge in [0.25, 0.3) is 11.7 Å². The number of Topliss-reactive ketones (excluding diaryl/α,β-unsaturated/α-hetero) is 1. The number of furan rings is 1. The molecule has 0 radical (unpaired) electrons. The van der Waals surface area contributed by atoms with E-state index in [4.69, 9.17) is 18.6 Å². The quantitative estimate of drug-likeness (QED) is 0.302. The number of nitrogens with zero attached hydrogens (tertiary/aromatic N) is 1. The smallest absolute Gasteiger partial charge is 0.296 e. The van der Waals surface area contributed by atoms with Crippen LogP contribution in [0.5, 0.6) is 17.2 Å². The summed E-state index contributed by atoms with van der Waals surface area (Å²) >= 11 is 0. The van der Waals surface area contributed by atoms with Crippen LogP contribution in [0.1, 0.15) is 29.9 Å². The lowest BCUT2D eigenvalue weighted by Gasteiger charge is -2.25. The van der Waals surface area contributed by atoms with Crippen LogP contribution in [0.25, 0.3) is 5.76 Å². The molecule has 1 atom stereocenters. The van der Waals surface area contributed by atoms with Gasteiger partial charge in [-0.2, -0.15) is 0 Å². The lowest BCUT2D eigenvalue weighted by Crippen LogP contribution is -2.29. The number of ether oxygens (including phenoxy) is 3. The molecule has 0 bridgehead atoms. The normalized spacial score (nSPS) is 17.1. The predicted molar refractivity (Wildman–Crippen MR) is 124 cm³/mol. The molecule has 1 amide bonds. The Kier molecular flexibility index (Phi) is 6.58. The van der Waals surface area contributed by atoms with Gasteiger partial charge in [0.05, 0.1) is 45.2 Å². The third kappa shape index (κ3) is 4.22. The molecule has 0 unspecified atom stereocenters. The van der Waals surface area contributed by atoms with Crippen molar-refractivity contribution < 1.29 is 33.3 Å². The number of hydrogen-bond donors (Lipinski definition) is 1. The van der Waals surface area contributed by atoms with Crippen molar-refractivity contribution in [3.63, 3.8) is 0 Å². The van der Waals surface area contributed by atoms with Gasteiger partial charge in [0.2, 0.25) is 0 Å². The molecule has 0 aliphatic carbocycles. The standard InChI is InChI=1S/C26H25NO7/c1-4-33-18-10-7-16(8-11-18)24(28)22-23(17-9-12-20(31-2)21(14-17)32-3)27(26(30)25(22)29)15-19-6-5-13-34-19/h5-14,23,28H,4,15H2,1-3H3/t23-/m0/s1. The van der Waals surface area contributed by atoms with Gasteiger partial charge < -0.3 is 28.6 Å². The van der Waals surface area contributed by atoms with E-state index in [-0.39, 0.29) is 17.9 Å². The molecule has 3 aromatic rings. The van der Waals surface area contributed by atoms with Crippen molar-refractivity contribution in [2.45, 2.75) is 19.5 Å². The van der Waals surface area contributed by atoms with Crippen molar-refractivity contribution in [2.75, 3.05) is 20.8 Å². The van der Waals surface area contributed by atoms with Gasteiger partial charge in [-0.1, -0.05) is 6.07 Å². The molecule has 0 spiro atoms. The fraction of sp³-hybridized carbons (Fsp3) is 0.231. The Morgan fingerprint density at radius 1 is 1.03 bits per heavy atom. The Bertz CT molecular complexity index is 1210. The summed E-state index contributed by atoms with van der Waals surface area (Å²) in [5.41, 5.74) is 0.953. The molecule has 1 saturated heterocycles. The van der Waals surface area contributed by atoms with Crippen molar-refractivity contribution >= 4 is 17.4 Å². The van der Waals surface area contributed by atoms with Gasteiger partial charge >= 0.3 is 0 Å². The lowest BCUT2D eigenvalue weighted by atomic mass is 9.95. The van der Waals surface area contributed by atoms with E-state index >= 15 is 0 Å². The van der Waals surface area contributed by atoms with Crippen LogP contribution in [-0.2, 0) is 16.1 Å². The van der Waals surface area contributed by atoms with Crippen LogP contribution < -0.4 is 14.2 Å². The molecular formula is C26H25NO7. The Morgan fingerprint density at radius 2 is 1.76 bits per heavy atom. The molecule has 8 nitrogen and oxygen atoms in total. The minimum Gasteiger partial charge on any atom is -0.507 e. The summed E-state index contributed by atoms with van der Waals surface area (Å²) in [5, 5.41) is 11.2. The van der Waals surface area contributed by atoms with Crippen LogP contribution in [0.4, 0.5) is 0 Å². The third-order valence-corrected chi connectivity index (χ3v) is 5.61. The zero-order valence-electron chi connectivity index (χ0n) is 19.1. The first-order chi connectivity index (χ1) is 16.5. The molecule has 1 fully saturated rings. The van der Waals surface area contributed by atoms with Crippen LogP contribution in [0.2, 0.25) is 0 Å². The highest BCUT2D eigenvalue weighted by Crippen LogP contribution is 2.42. The first-order valence-corrected chi connectivity index (χ1v) is 10.7. The van der Waals surface area contributed by atoms with Crippen molar-refractivity contribution in [3.8, 4) is 17.2 Å². The average Bonchev–Trinajstić information content (AvgIpc) is 3.46. The highest BCUT2D eigenvalue weighted by atomic mass is 16.5. The van der Waals surface area contributed by atoms with Gasteiger partial charge in [-0.05, 0) is 61.0 Å². The molecule has 1 aromatic heterocycles. The van der Waals surface area contributed by atoms with Gasteiger partial charge in [-0.15, -0.1) is 0 Å². The molecule has 176 valence electrons. The number of carbonyl (C=O) groups is 2. The number of ketones is 1. The summed E-state index contributed by atoms with van der Waals surface area (Å²) in [6.45, 7) is 2.43. The van der Waals surface area contributed by atoms with E-state index in [9.17, 15) is 14.7 Å². The van der Waals surface area contributed by atoms with Crippen LogP contribution in [0, 0.1) is 0 Å².